The Hall–Kier alpha value is -11.0. The number of rotatable bonds is 15. The Bertz CT molecular complexity index is 5000. The summed E-state index contributed by atoms with van der Waals surface area (Å²) >= 11 is 5.75. The van der Waals surface area contributed by atoms with Crippen molar-refractivity contribution in [2.24, 2.45) is 32.3 Å². The number of aryl methyl sites for hydroxylation is 1. The molecule has 676 valence electrons. The molecule has 0 unspecified atom stereocenters. The van der Waals surface area contributed by atoms with Crippen LogP contribution >= 0.6 is 11.6 Å². The van der Waals surface area contributed by atoms with Gasteiger partial charge >= 0.3 is 5.92 Å². The molecule has 23 atom stereocenters. The maximum Gasteiger partial charge on any atom is 0.320 e. The minimum atomic E-state index is -3.87. The van der Waals surface area contributed by atoms with Crippen molar-refractivity contribution >= 4 is 52.2 Å². The van der Waals surface area contributed by atoms with Crippen LogP contribution in [0.15, 0.2) is 150 Å². The molecule has 0 radical (unpaired) electrons. The molecular weight excluding hydrogens is 1710 g/mol. The molecule has 53 heteroatoms. The molecule has 0 aromatic carbocycles. The van der Waals surface area contributed by atoms with Gasteiger partial charge in [-0.1, -0.05) is 55.8 Å². The fraction of sp³-hybridized carbons (Fsp3) is 0.493. The number of ether oxygens (including phenoxy) is 6. The van der Waals surface area contributed by atoms with E-state index in [1.165, 1.54) is 72.3 Å². The number of H-pyrrole nitrogens is 1. The Morgan fingerprint density at radius 1 is 0.556 bits per heavy atom. The lowest BCUT2D eigenvalue weighted by molar-refractivity contribution is -0.210. The summed E-state index contributed by atoms with van der Waals surface area (Å²) in [5, 5.41) is 135. The van der Waals surface area contributed by atoms with E-state index in [2.05, 4.69) is 89.7 Å². The van der Waals surface area contributed by atoms with Gasteiger partial charge in [-0.25, -0.2) is 50.7 Å². The minimum absolute atomic E-state index is 0.0945. The Balaban J connectivity index is 0.000000185. The number of aliphatic hydroxyl groups is 13. The van der Waals surface area contributed by atoms with E-state index in [-0.39, 0.29) is 63.6 Å². The fourth-order valence-corrected chi connectivity index (χ4v) is 13.7. The first-order valence-corrected chi connectivity index (χ1v) is 36.0. The van der Waals surface area contributed by atoms with Gasteiger partial charge in [-0.05, 0) is 38.5 Å². The normalized spacial score (nSPS) is 38.5. The second-order valence-corrected chi connectivity index (χ2v) is 29.0. The van der Waals surface area contributed by atoms with Crippen LogP contribution in [0.3, 0.4) is 0 Å². The van der Waals surface area contributed by atoms with Crippen LogP contribution in [0, 0.1) is 44.0 Å². The number of alkyl halides is 10. The Labute approximate surface area is 699 Å². The molecule has 43 nitrogen and oxygen atoms in total. The highest BCUT2D eigenvalue weighted by atomic mass is 35.5. The van der Waals surface area contributed by atoms with Gasteiger partial charge in [-0.15, -0.1) is 30.9 Å². The number of carbonyl (C=O) groups is 3. The van der Waals surface area contributed by atoms with Crippen LogP contribution in [-0.4, -0.2) is 328 Å². The summed E-state index contributed by atoms with van der Waals surface area (Å²) in [6.45, 7) is 14.0. The molecule has 23 N–H and O–H groups in total. The molecular formula is C71H84ClF9N20O23. The number of aromatic amines is 1. The Morgan fingerprint density at radius 3 is 1.35 bits per heavy atom. The minimum Gasteiger partial charge on any atom is -0.393 e. The maximum absolute atomic E-state index is 14.9. The smallest absolute Gasteiger partial charge is 0.320 e. The molecule has 13 rings (SSSR count). The van der Waals surface area contributed by atoms with Gasteiger partial charge in [0.1, 0.15) is 109 Å². The number of amidine groups is 2. The molecule has 0 bridgehead atoms. The number of nitrogens with two attached hydrogens (primary N) is 3. The zero-order chi connectivity index (χ0) is 93.3. The van der Waals surface area contributed by atoms with Crippen molar-refractivity contribution in [3.8, 4) is 37.0 Å². The molecule has 11 aliphatic rings. The average Bonchev–Trinajstić information content (AvgIpc) is 1.55. The largest absolute Gasteiger partial charge is 0.393 e. The number of terminal acetylenes is 3. The number of amides is 3. The number of nitrogens with one attached hydrogen (secondary N) is 4. The Kier molecular flexibility index (Phi) is 28.8. The maximum atomic E-state index is 14.9. The van der Waals surface area contributed by atoms with E-state index in [1.54, 1.807) is 11.8 Å². The number of halogens is 10. The van der Waals surface area contributed by atoms with E-state index >= 15 is 0 Å². The quantitative estimate of drug-likeness (QED) is 0.0199. The summed E-state index contributed by atoms with van der Waals surface area (Å²) < 4.78 is 159. The van der Waals surface area contributed by atoms with E-state index in [1.807, 2.05) is 0 Å². The zero-order valence-electron chi connectivity index (χ0n) is 64.9. The van der Waals surface area contributed by atoms with Gasteiger partial charge in [0.25, 0.3) is 46.7 Å². The number of hydrogen-bond donors (Lipinski definition) is 20. The Morgan fingerprint density at radius 2 is 0.952 bits per heavy atom. The summed E-state index contributed by atoms with van der Waals surface area (Å²) in [5.74, 6) is -11.1. The molecule has 6 fully saturated rings. The van der Waals surface area contributed by atoms with Crippen LogP contribution in [0.4, 0.5) is 39.5 Å². The SMILES string of the molecule is C#C[C@@]1(O)[C@H](O)[C@](CO)(CCl)O[C@H]1N1C=CC(=O)NC1=C.C#C[C@]1(F)[C@H](N2C=CC(=O)NC2=C)O[C@](F)(CO)[C@H]1O.C#C[C@]1(F)[C@H](n2cnc3c(=O)[nH]c(C)nc32)O[C@](F)(CO)[C@H]1O.C=C1N=C(N)C=CN1[C@@H]1O[C@](F)(CO)[C@@H](O)[C@@]1(C)N.C=C1N=C(N)C=CN1[C@@H]1O[C@](F)(CO)[C@@H](O)[C@@]1(C)N=[N+]=[N-].C=C1NC(=O)C=CN1[C@@H]1O[C@@](CO)(CF)[C@@H](O)C1(F)F. The second kappa shape index (κ2) is 36.3. The molecule has 6 saturated heterocycles. The standard InChI is InChI=1S/C13H15ClN2O5.C13H12F2N4O4.C12H12F2N2O4.C11H13F3N2O4.C11H15FN6O3.C11H17FN4O3/c1-3-13(20)10(19)12(6-14,7-17)21-11(13)16-5-4-9(18)15-8(16)2;1-3-12(14)10(22)13(15,4-20)23-11(12)19-5-16-7-8(19)17-6(2)18-9(7)21;1-3-11(13)9(19)12(14,6-17)20-10(11)16-5-4-8(18)15-7(16)2;1-6-15-7(18)2-3-16(6)9-11(13,14)8(19)10(4-12,5-17)20-9;1-6-15-7(13)3-4-18(6)9-10(2,16-17-14)8(20)11(12,5-19)21-9;1-6-15-7(13)3-4-16(6)9-10(2,14)8(18)11(12,5-17)19-9/h1,4-5,10-11,17,19-20H,2,6-7H2,(H,15,18);1,5,10-11,20,22H,4H2,2H3,(H,17,18,21);1,4-5,9-10,17,19H,2,6H2,(H,15,18);2-3,8-9,17,19H,1,4-5H2,(H,15,18);3-4,8-9,19-20H,1,5H2,2H3,(H2,13,15);3-4,8-9,17-18H,1,5,14H2,2H3,(H2,13,15)/t10-,11-,12-,13-;10-,11+,12+,13+;9-,10+,11+,12+;8-,9-,10-;2*8-,9+,10+,11+/m100100/s1. The third-order valence-corrected chi connectivity index (χ3v) is 20.9. The van der Waals surface area contributed by atoms with Gasteiger partial charge in [0.15, 0.2) is 71.8 Å². The van der Waals surface area contributed by atoms with Crippen molar-refractivity contribution < 1.29 is 149 Å². The molecule has 0 spiro atoms. The molecule has 0 saturated carbocycles. The number of imidazole rings is 1. The third-order valence-electron chi connectivity index (χ3n) is 20.4. The molecule has 2 aromatic rings. The average molecular weight is 1790 g/mol. The highest BCUT2D eigenvalue weighted by Gasteiger charge is 2.72. The number of aliphatic imine (C=N–C) groups is 2. The van der Waals surface area contributed by atoms with Crippen molar-refractivity contribution in [3.63, 3.8) is 0 Å². The predicted octanol–water partition coefficient (Wildman–Crippen LogP) is -4.83. The number of carbonyl (C=O) groups excluding carboxylic acids is 3. The van der Waals surface area contributed by atoms with Crippen molar-refractivity contribution in [2.75, 3.05) is 52.2 Å². The lowest BCUT2D eigenvalue weighted by Gasteiger charge is -2.36. The summed E-state index contributed by atoms with van der Waals surface area (Å²) in [6.07, 6.45) is 6.88. The van der Waals surface area contributed by atoms with Crippen LogP contribution in [0.2, 0.25) is 0 Å². The van der Waals surface area contributed by atoms with Gasteiger partial charge in [-0.3, -0.25) is 23.7 Å². The summed E-state index contributed by atoms with van der Waals surface area (Å²) in [4.78, 5) is 71.3. The molecule has 124 heavy (non-hydrogen) atoms. The first kappa shape index (κ1) is 98.4. The first-order valence-electron chi connectivity index (χ1n) is 35.4. The van der Waals surface area contributed by atoms with Crippen LogP contribution in [-0.2, 0) is 42.8 Å². The van der Waals surface area contributed by atoms with Gasteiger partial charge in [-0.2, -0.15) is 8.78 Å². The van der Waals surface area contributed by atoms with Gasteiger partial charge in [0.2, 0.25) is 17.6 Å². The molecule has 3 amide bonds. The highest BCUT2D eigenvalue weighted by Crippen LogP contribution is 2.51. The van der Waals surface area contributed by atoms with E-state index in [9.17, 15) is 99.5 Å². The third kappa shape index (κ3) is 17.4. The summed E-state index contributed by atoms with van der Waals surface area (Å²) in [5.41, 5.74) is 9.51. The van der Waals surface area contributed by atoms with Crippen molar-refractivity contribution in [3.05, 3.63) is 156 Å². The van der Waals surface area contributed by atoms with Gasteiger partial charge < -0.3 is 157 Å². The lowest BCUT2D eigenvalue weighted by Crippen LogP contribution is -2.59. The lowest BCUT2D eigenvalue weighted by atomic mass is 9.87. The van der Waals surface area contributed by atoms with E-state index in [0.29, 0.717) is 0 Å². The van der Waals surface area contributed by atoms with Crippen molar-refractivity contribution in [1.82, 2.24) is 60.0 Å². The molecule has 13 heterocycles. The first-order chi connectivity index (χ1) is 57.7. The number of fused-ring (bicyclic) bond motifs is 1. The fourth-order valence-electron chi connectivity index (χ4n) is 13.4. The highest BCUT2D eigenvalue weighted by molar-refractivity contribution is 6.18. The second-order valence-electron chi connectivity index (χ2n) is 28.8. The van der Waals surface area contributed by atoms with Crippen LogP contribution in [0.1, 0.15) is 25.9 Å². The molecule has 11 aliphatic heterocycles. The number of aromatic nitrogens is 4. The zero-order valence-corrected chi connectivity index (χ0v) is 65.7. The van der Waals surface area contributed by atoms with E-state index in [0.717, 1.165) is 45.2 Å². The van der Waals surface area contributed by atoms with Crippen LogP contribution < -0.4 is 38.7 Å². The van der Waals surface area contributed by atoms with Crippen LogP contribution in [0.5, 0.6) is 0 Å². The van der Waals surface area contributed by atoms with Gasteiger partial charge in [0, 0.05) is 54.1 Å². The van der Waals surface area contributed by atoms with E-state index in [4.69, 9.17) is 108 Å². The van der Waals surface area contributed by atoms with E-state index < -0.39 is 212 Å². The van der Waals surface area contributed by atoms with Crippen molar-refractivity contribution in [1.29, 1.82) is 0 Å². The number of azide groups is 1. The van der Waals surface area contributed by atoms with Crippen molar-refractivity contribution in [2.45, 2.75) is 163 Å². The summed E-state index contributed by atoms with van der Waals surface area (Å²) in [6, 6.07) is 0. The number of nitrogens with zero attached hydrogens (tertiary/aromatic N) is 13. The number of aliphatic hydroxyl groups excluding tert-OH is 12. The topological polar surface area (TPSA) is 637 Å². The molecule has 0 aliphatic carbocycles. The number of hydrogen-bond acceptors (Lipinski definition) is 36. The predicted molar refractivity (Wildman–Crippen MR) is 406 cm³/mol. The summed E-state index contributed by atoms with van der Waals surface area (Å²) in [7, 11) is 0. The van der Waals surface area contributed by atoms with Gasteiger partial charge in [0.05, 0.1) is 31.0 Å². The monoisotopic (exact) mass is 1790 g/mol. The van der Waals surface area contributed by atoms with Crippen LogP contribution in [0.25, 0.3) is 21.6 Å². The molecule has 2 aromatic heterocycles.